The van der Waals surface area contributed by atoms with Crippen molar-refractivity contribution in [3.63, 3.8) is 0 Å². The van der Waals surface area contributed by atoms with Gasteiger partial charge in [-0.3, -0.25) is 0 Å². The molecule has 1 aromatic rings. The van der Waals surface area contributed by atoms with Crippen LogP contribution in [-0.4, -0.2) is 11.5 Å². The molecule has 0 saturated heterocycles. The summed E-state index contributed by atoms with van der Waals surface area (Å²) in [6.07, 6.45) is 5.58. The number of nitrogens with one attached hydrogen (secondary N) is 1. The van der Waals surface area contributed by atoms with Crippen molar-refractivity contribution < 1.29 is 0 Å². The topological polar surface area (TPSA) is 24.9 Å². The summed E-state index contributed by atoms with van der Waals surface area (Å²) < 4.78 is 0. The molecule has 1 rings (SSSR count). The van der Waals surface area contributed by atoms with Crippen molar-refractivity contribution in [1.29, 1.82) is 0 Å². The van der Waals surface area contributed by atoms with Gasteiger partial charge in [0.25, 0.3) is 0 Å². The van der Waals surface area contributed by atoms with Crippen LogP contribution < -0.4 is 5.32 Å². The lowest BCUT2D eigenvalue weighted by atomic mass is 9.83. The van der Waals surface area contributed by atoms with Gasteiger partial charge in [0.1, 0.15) is 5.82 Å². The first-order chi connectivity index (χ1) is 7.59. The lowest BCUT2D eigenvalue weighted by molar-refractivity contribution is 0.302. The van der Waals surface area contributed by atoms with Gasteiger partial charge in [-0.05, 0) is 42.9 Å². The first-order valence-electron chi connectivity index (χ1n) is 6.26. The van der Waals surface area contributed by atoms with Crippen molar-refractivity contribution in [3.05, 3.63) is 23.9 Å². The molecule has 2 nitrogen and oxygen atoms in total. The fraction of sp³-hybridized carbons (Fsp3) is 0.643. The molecule has 0 saturated carbocycles. The van der Waals surface area contributed by atoms with Crippen LogP contribution in [0, 0.1) is 12.3 Å². The average Bonchev–Trinajstić information content (AvgIpc) is 2.27. The molecule has 0 amide bonds. The molecule has 1 unspecified atom stereocenters. The van der Waals surface area contributed by atoms with Crippen LogP contribution in [0.15, 0.2) is 18.3 Å². The lowest BCUT2D eigenvalue weighted by Gasteiger charge is -2.28. The third-order valence-electron chi connectivity index (χ3n) is 3.32. The summed E-state index contributed by atoms with van der Waals surface area (Å²) in [6, 6.07) is 4.12. The quantitative estimate of drug-likeness (QED) is 0.783. The maximum absolute atomic E-state index is 4.33. The van der Waals surface area contributed by atoms with Crippen molar-refractivity contribution in [2.45, 2.75) is 47.0 Å². The molecule has 0 fully saturated rings. The van der Waals surface area contributed by atoms with Gasteiger partial charge >= 0.3 is 0 Å². The Morgan fingerprint density at radius 1 is 1.38 bits per heavy atom. The summed E-state index contributed by atoms with van der Waals surface area (Å²) in [4.78, 5) is 4.33. The van der Waals surface area contributed by atoms with E-state index in [4.69, 9.17) is 0 Å². The molecule has 90 valence electrons. The van der Waals surface area contributed by atoms with Crippen LogP contribution in [0.1, 0.15) is 45.6 Å². The number of aromatic nitrogens is 1. The molecular weight excluding hydrogens is 196 g/mol. The Kier molecular flexibility index (Phi) is 4.78. The van der Waals surface area contributed by atoms with Crippen molar-refractivity contribution in [3.8, 4) is 0 Å². The third-order valence-corrected chi connectivity index (χ3v) is 3.32. The van der Waals surface area contributed by atoms with Crippen LogP contribution >= 0.6 is 0 Å². The van der Waals surface area contributed by atoms with E-state index in [0.717, 1.165) is 12.4 Å². The predicted molar refractivity (Wildman–Crippen MR) is 70.8 cm³/mol. The molecular formula is C14H24N2. The van der Waals surface area contributed by atoms with E-state index < -0.39 is 0 Å². The third kappa shape index (κ3) is 3.84. The van der Waals surface area contributed by atoms with Crippen LogP contribution in [0.2, 0.25) is 0 Å². The van der Waals surface area contributed by atoms with Crippen LogP contribution in [-0.2, 0) is 0 Å². The van der Waals surface area contributed by atoms with Gasteiger partial charge in [0.05, 0.1) is 0 Å². The number of nitrogens with zero attached hydrogens (tertiary/aromatic N) is 1. The standard InChI is InChI=1S/C14H24N2/c1-5-8-14(4,6-2)11-16-13-10-12(3)7-9-15-13/h7,9-10H,5-6,8,11H2,1-4H3,(H,15,16). The number of pyridine rings is 1. The van der Waals surface area contributed by atoms with E-state index in [-0.39, 0.29) is 0 Å². The van der Waals surface area contributed by atoms with E-state index in [1.807, 2.05) is 12.3 Å². The smallest absolute Gasteiger partial charge is 0.126 e. The van der Waals surface area contributed by atoms with Gasteiger partial charge in [0, 0.05) is 12.7 Å². The lowest BCUT2D eigenvalue weighted by Crippen LogP contribution is -2.26. The van der Waals surface area contributed by atoms with Crippen LogP contribution in [0.3, 0.4) is 0 Å². The van der Waals surface area contributed by atoms with Crippen molar-refractivity contribution in [1.82, 2.24) is 4.98 Å². The Balaban J connectivity index is 2.55. The number of aryl methyl sites for hydroxylation is 1. The monoisotopic (exact) mass is 220 g/mol. The molecule has 0 bridgehead atoms. The number of hydrogen-bond acceptors (Lipinski definition) is 2. The molecule has 0 aromatic carbocycles. The molecule has 16 heavy (non-hydrogen) atoms. The highest BCUT2D eigenvalue weighted by Gasteiger charge is 2.20. The molecule has 0 spiro atoms. The van der Waals surface area contributed by atoms with Gasteiger partial charge in [-0.25, -0.2) is 4.98 Å². The van der Waals surface area contributed by atoms with Crippen molar-refractivity contribution >= 4 is 5.82 Å². The second kappa shape index (κ2) is 5.88. The van der Waals surface area contributed by atoms with Crippen LogP contribution in [0.4, 0.5) is 5.82 Å². The summed E-state index contributed by atoms with van der Waals surface area (Å²) in [7, 11) is 0. The Morgan fingerprint density at radius 2 is 2.12 bits per heavy atom. The van der Waals surface area contributed by atoms with E-state index >= 15 is 0 Å². The molecule has 2 heteroatoms. The Bertz CT molecular complexity index is 322. The van der Waals surface area contributed by atoms with Gasteiger partial charge in [0.15, 0.2) is 0 Å². The minimum atomic E-state index is 0.389. The number of rotatable bonds is 6. The zero-order chi connectivity index (χ0) is 12.0. The SMILES string of the molecule is CCCC(C)(CC)CNc1cc(C)ccn1. The predicted octanol–water partition coefficient (Wildman–Crippen LogP) is 4.02. The fourth-order valence-corrected chi connectivity index (χ4v) is 1.93. The van der Waals surface area contributed by atoms with Crippen LogP contribution in [0.25, 0.3) is 0 Å². The van der Waals surface area contributed by atoms with Gasteiger partial charge in [-0.1, -0.05) is 27.2 Å². The van der Waals surface area contributed by atoms with Gasteiger partial charge in [-0.2, -0.15) is 0 Å². The maximum atomic E-state index is 4.33. The minimum absolute atomic E-state index is 0.389. The van der Waals surface area contributed by atoms with Crippen molar-refractivity contribution in [2.75, 3.05) is 11.9 Å². The molecule has 1 atom stereocenters. The summed E-state index contributed by atoms with van der Waals surface area (Å²) in [5.74, 6) is 0.996. The minimum Gasteiger partial charge on any atom is -0.370 e. The molecule has 1 N–H and O–H groups in total. The Morgan fingerprint density at radius 3 is 2.69 bits per heavy atom. The zero-order valence-electron chi connectivity index (χ0n) is 11.0. The summed E-state index contributed by atoms with van der Waals surface area (Å²) in [5, 5.41) is 3.45. The zero-order valence-corrected chi connectivity index (χ0v) is 11.0. The van der Waals surface area contributed by atoms with Gasteiger partial charge in [-0.15, -0.1) is 0 Å². The fourth-order valence-electron chi connectivity index (χ4n) is 1.93. The normalized spacial score (nSPS) is 14.5. The average molecular weight is 220 g/mol. The largest absolute Gasteiger partial charge is 0.370 e. The van der Waals surface area contributed by atoms with Crippen molar-refractivity contribution in [2.24, 2.45) is 5.41 Å². The van der Waals surface area contributed by atoms with E-state index in [1.54, 1.807) is 0 Å². The second-order valence-corrected chi connectivity index (χ2v) is 4.99. The number of anilines is 1. The molecule has 0 aliphatic rings. The Hall–Kier alpha value is -1.05. The highest BCUT2D eigenvalue weighted by Crippen LogP contribution is 2.27. The van der Waals surface area contributed by atoms with E-state index in [0.29, 0.717) is 5.41 Å². The van der Waals surface area contributed by atoms with E-state index in [2.05, 4.69) is 44.1 Å². The van der Waals surface area contributed by atoms with E-state index in [9.17, 15) is 0 Å². The highest BCUT2D eigenvalue weighted by atomic mass is 15.0. The second-order valence-electron chi connectivity index (χ2n) is 4.99. The van der Waals surface area contributed by atoms with E-state index in [1.165, 1.54) is 24.8 Å². The Labute approximate surface area is 99.5 Å². The molecule has 0 aliphatic heterocycles. The molecule has 0 aliphatic carbocycles. The van der Waals surface area contributed by atoms with Crippen LogP contribution in [0.5, 0.6) is 0 Å². The first-order valence-corrected chi connectivity index (χ1v) is 6.26. The molecule has 0 radical (unpaired) electrons. The van der Waals surface area contributed by atoms with Gasteiger partial charge in [0.2, 0.25) is 0 Å². The first kappa shape index (κ1) is 13.0. The summed E-state index contributed by atoms with van der Waals surface area (Å²) in [5.41, 5.74) is 1.64. The maximum Gasteiger partial charge on any atom is 0.126 e. The summed E-state index contributed by atoms with van der Waals surface area (Å²) >= 11 is 0. The number of hydrogen-bond donors (Lipinski definition) is 1. The summed E-state index contributed by atoms with van der Waals surface area (Å²) in [6.45, 7) is 9.96. The molecule has 1 aromatic heterocycles. The highest BCUT2D eigenvalue weighted by molar-refractivity contribution is 5.37. The molecule has 1 heterocycles. The van der Waals surface area contributed by atoms with Gasteiger partial charge < -0.3 is 5.32 Å².